The summed E-state index contributed by atoms with van der Waals surface area (Å²) in [5.74, 6) is 0.759. The summed E-state index contributed by atoms with van der Waals surface area (Å²) in [4.78, 5) is 2.41. The van der Waals surface area contributed by atoms with Gasteiger partial charge in [-0.2, -0.15) is 0 Å². The Bertz CT molecular complexity index is 416. The number of rotatable bonds is 4. The molecule has 2 atom stereocenters. The third kappa shape index (κ3) is 3.64. The van der Waals surface area contributed by atoms with Crippen LogP contribution in [0.2, 0.25) is 0 Å². The van der Waals surface area contributed by atoms with Gasteiger partial charge in [0, 0.05) is 31.7 Å². The zero-order valence-electron chi connectivity index (χ0n) is 12.8. The lowest BCUT2D eigenvalue weighted by Crippen LogP contribution is -2.56. The first-order valence-electron chi connectivity index (χ1n) is 8.47. The molecule has 2 unspecified atom stereocenters. The van der Waals surface area contributed by atoms with E-state index in [2.05, 4.69) is 40.5 Å². The number of nitrogens with one attached hydrogen (secondary N) is 1. The maximum atomic E-state index is 13.0. The molecule has 1 aliphatic heterocycles. The van der Waals surface area contributed by atoms with Crippen molar-refractivity contribution >= 4 is 0 Å². The minimum atomic E-state index is -0.231. The highest BCUT2D eigenvalue weighted by Gasteiger charge is 2.34. The average molecular weight is 290 g/mol. The molecular weight excluding hydrogens is 263 g/mol. The van der Waals surface area contributed by atoms with Crippen molar-refractivity contribution in [2.45, 2.75) is 44.2 Å². The summed E-state index contributed by atoms with van der Waals surface area (Å²) in [6, 6.07) is 11.4. The fraction of sp³-hybridized carbons (Fsp3) is 0.667. The minimum Gasteiger partial charge on any atom is -0.307 e. The van der Waals surface area contributed by atoms with E-state index < -0.39 is 0 Å². The molecular formula is C18H27FN2. The van der Waals surface area contributed by atoms with Crippen molar-refractivity contribution < 1.29 is 4.39 Å². The summed E-state index contributed by atoms with van der Waals surface area (Å²) in [5, 5.41) is 3.71. The van der Waals surface area contributed by atoms with Gasteiger partial charge in [-0.25, -0.2) is 4.39 Å². The predicted molar refractivity (Wildman–Crippen MR) is 85.1 cm³/mol. The van der Waals surface area contributed by atoms with Crippen molar-refractivity contribution in [3.8, 4) is 0 Å². The maximum absolute atomic E-state index is 13.0. The summed E-state index contributed by atoms with van der Waals surface area (Å²) < 4.78 is 13.0. The van der Waals surface area contributed by atoms with E-state index in [-0.39, 0.29) is 6.67 Å². The first kappa shape index (κ1) is 15.0. The SMILES string of the molecule is FCCN1CC(c2ccccc2)NCC1C1CCCCC1. The van der Waals surface area contributed by atoms with E-state index in [1.807, 2.05) is 0 Å². The molecule has 0 amide bonds. The summed E-state index contributed by atoms with van der Waals surface area (Å²) >= 11 is 0. The van der Waals surface area contributed by atoms with Crippen molar-refractivity contribution in [3.05, 3.63) is 35.9 Å². The lowest BCUT2D eigenvalue weighted by molar-refractivity contribution is 0.0664. The molecule has 1 heterocycles. The van der Waals surface area contributed by atoms with Gasteiger partial charge in [0.25, 0.3) is 0 Å². The van der Waals surface area contributed by atoms with Crippen LogP contribution in [0, 0.1) is 5.92 Å². The van der Waals surface area contributed by atoms with Crippen LogP contribution >= 0.6 is 0 Å². The van der Waals surface area contributed by atoms with Gasteiger partial charge in [0.15, 0.2) is 0 Å². The van der Waals surface area contributed by atoms with E-state index in [1.54, 1.807) is 0 Å². The first-order chi connectivity index (χ1) is 10.4. The monoisotopic (exact) mass is 290 g/mol. The molecule has 3 rings (SSSR count). The topological polar surface area (TPSA) is 15.3 Å². The van der Waals surface area contributed by atoms with E-state index in [4.69, 9.17) is 0 Å². The molecule has 21 heavy (non-hydrogen) atoms. The second kappa shape index (κ2) is 7.37. The molecule has 1 saturated carbocycles. The third-order valence-corrected chi connectivity index (χ3v) is 5.23. The van der Waals surface area contributed by atoms with Crippen LogP contribution < -0.4 is 5.32 Å². The van der Waals surface area contributed by atoms with Crippen LogP contribution in [-0.2, 0) is 0 Å². The molecule has 0 bridgehead atoms. The van der Waals surface area contributed by atoms with E-state index in [9.17, 15) is 4.39 Å². The van der Waals surface area contributed by atoms with Gasteiger partial charge in [-0.1, -0.05) is 49.6 Å². The maximum Gasteiger partial charge on any atom is 0.102 e. The van der Waals surface area contributed by atoms with Gasteiger partial charge >= 0.3 is 0 Å². The lowest BCUT2D eigenvalue weighted by atomic mass is 9.82. The molecule has 2 nitrogen and oxygen atoms in total. The Labute approximate surface area is 127 Å². The number of piperazine rings is 1. The molecule has 1 aliphatic carbocycles. The smallest absolute Gasteiger partial charge is 0.102 e. The van der Waals surface area contributed by atoms with Crippen LogP contribution in [0.3, 0.4) is 0 Å². The molecule has 116 valence electrons. The van der Waals surface area contributed by atoms with E-state index >= 15 is 0 Å². The molecule has 0 radical (unpaired) electrons. The second-order valence-electron chi connectivity index (χ2n) is 6.52. The van der Waals surface area contributed by atoms with Crippen LogP contribution in [0.5, 0.6) is 0 Å². The van der Waals surface area contributed by atoms with E-state index in [0.717, 1.165) is 19.0 Å². The Morgan fingerprint density at radius 1 is 1.10 bits per heavy atom. The highest BCUT2D eigenvalue weighted by Crippen LogP contribution is 2.32. The highest BCUT2D eigenvalue weighted by molar-refractivity contribution is 5.20. The number of hydrogen-bond acceptors (Lipinski definition) is 2. The van der Waals surface area contributed by atoms with Crippen LogP contribution in [0.4, 0.5) is 4.39 Å². The standard InChI is InChI=1S/C18H27FN2/c19-11-12-21-14-17(15-7-3-1-4-8-15)20-13-18(21)16-9-5-2-6-10-16/h1,3-4,7-8,16-18,20H,2,5-6,9-14H2. The highest BCUT2D eigenvalue weighted by atomic mass is 19.1. The normalized spacial score (nSPS) is 28.6. The Kier molecular flexibility index (Phi) is 5.26. The van der Waals surface area contributed by atoms with Gasteiger partial charge in [0.05, 0.1) is 0 Å². The number of nitrogens with zero attached hydrogens (tertiary/aromatic N) is 1. The predicted octanol–water partition coefficient (Wildman–Crippen LogP) is 3.55. The molecule has 1 aromatic rings. The number of hydrogen-bond donors (Lipinski definition) is 1. The lowest BCUT2D eigenvalue weighted by Gasteiger charge is -2.45. The zero-order chi connectivity index (χ0) is 14.5. The molecule has 1 saturated heterocycles. The summed E-state index contributed by atoms with van der Waals surface area (Å²) in [6.45, 7) is 2.30. The second-order valence-corrected chi connectivity index (χ2v) is 6.52. The van der Waals surface area contributed by atoms with Gasteiger partial charge < -0.3 is 5.32 Å². The Morgan fingerprint density at radius 3 is 2.57 bits per heavy atom. The summed E-state index contributed by atoms with van der Waals surface area (Å²) in [5.41, 5.74) is 1.32. The number of halogens is 1. The Hall–Kier alpha value is -0.930. The number of benzene rings is 1. The molecule has 1 aromatic carbocycles. The molecule has 1 N–H and O–H groups in total. The van der Waals surface area contributed by atoms with E-state index in [1.165, 1.54) is 37.7 Å². The Balaban J connectivity index is 1.67. The fourth-order valence-corrected chi connectivity index (χ4v) is 4.08. The third-order valence-electron chi connectivity index (χ3n) is 5.23. The first-order valence-corrected chi connectivity index (χ1v) is 8.47. The van der Waals surface area contributed by atoms with Crippen LogP contribution in [0.25, 0.3) is 0 Å². The molecule has 2 aliphatic rings. The zero-order valence-corrected chi connectivity index (χ0v) is 12.8. The largest absolute Gasteiger partial charge is 0.307 e. The van der Waals surface area contributed by atoms with Gasteiger partial charge in [-0.15, -0.1) is 0 Å². The number of alkyl halides is 1. The van der Waals surface area contributed by atoms with Gasteiger partial charge in [-0.3, -0.25) is 4.90 Å². The van der Waals surface area contributed by atoms with Crippen molar-refractivity contribution in [2.24, 2.45) is 5.92 Å². The molecule has 0 spiro atoms. The fourth-order valence-electron chi connectivity index (χ4n) is 4.08. The minimum absolute atomic E-state index is 0.231. The Morgan fingerprint density at radius 2 is 1.86 bits per heavy atom. The van der Waals surface area contributed by atoms with Crippen LogP contribution in [0.1, 0.15) is 43.7 Å². The van der Waals surface area contributed by atoms with Crippen molar-refractivity contribution in [2.75, 3.05) is 26.3 Å². The van der Waals surface area contributed by atoms with Gasteiger partial charge in [0.1, 0.15) is 6.67 Å². The average Bonchev–Trinajstić information content (AvgIpc) is 2.57. The van der Waals surface area contributed by atoms with Gasteiger partial charge in [-0.05, 0) is 24.3 Å². The summed E-state index contributed by atoms with van der Waals surface area (Å²) in [7, 11) is 0. The molecule has 2 fully saturated rings. The van der Waals surface area contributed by atoms with Crippen molar-refractivity contribution in [1.29, 1.82) is 0 Å². The summed E-state index contributed by atoms with van der Waals surface area (Å²) in [6.07, 6.45) is 6.74. The quantitative estimate of drug-likeness (QED) is 0.912. The molecule has 3 heteroatoms. The van der Waals surface area contributed by atoms with Crippen molar-refractivity contribution in [1.82, 2.24) is 10.2 Å². The van der Waals surface area contributed by atoms with Gasteiger partial charge in [0.2, 0.25) is 0 Å². The van der Waals surface area contributed by atoms with Crippen LogP contribution in [-0.4, -0.2) is 37.3 Å². The van der Waals surface area contributed by atoms with Crippen LogP contribution in [0.15, 0.2) is 30.3 Å². The van der Waals surface area contributed by atoms with Crippen molar-refractivity contribution in [3.63, 3.8) is 0 Å². The molecule has 0 aromatic heterocycles. The van der Waals surface area contributed by atoms with E-state index in [0.29, 0.717) is 18.6 Å².